The van der Waals surface area contributed by atoms with Gasteiger partial charge in [-0.3, -0.25) is 9.59 Å². The highest BCUT2D eigenvalue weighted by atomic mass is 16.7. The number of hydrogen-bond acceptors (Lipinski definition) is 4. The zero-order valence-electron chi connectivity index (χ0n) is 11.9. The van der Waals surface area contributed by atoms with Crippen LogP contribution in [0.15, 0.2) is 48.8 Å². The minimum absolute atomic E-state index is 0.0576. The molecule has 6 nitrogen and oxygen atoms in total. The molecule has 0 fully saturated rings. The molecule has 1 aromatic carbocycles. The summed E-state index contributed by atoms with van der Waals surface area (Å²) in [4.78, 5) is 41.1. The third kappa shape index (κ3) is 2.39. The smallest absolute Gasteiger partial charge is 0.335 e. The second-order valence-corrected chi connectivity index (χ2v) is 5.10. The van der Waals surface area contributed by atoms with E-state index in [2.05, 4.69) is 0 Å². The largest absolute Gasteiger partial charge is 0.351 e. The molecule has 1 aromatic heterocycles. The van der Waals surface area contributed by atoms with Crippen LogP contribution in [0.3, 0.4) is 0 Å². The lowest BCUT2D eigenvalue weighted by Crippen LogP contribution is -2.33. The SMILES string of the molecule is CC(CC(=O)ON1C(=O)c2ccccc2C1=O)n1cccc1. The van der Waals surface area contributed by atoms with Crippen LogP contribution in [0.1, 0.15) is 40.1 Å². The van der Waals surface area contributed by atoms with E-state index in [1.165, 1.54) is 12.1 Å². The molecule has 0 spiro atoms. The van der Waals surface area contributed by atoms with Crippen LogP contribution in [0.25, 0.3) is 0 Å². The van der Waals surface area contributed by atoms with Crippen LogP contribution in [0.4, 0.5) is 0 Å². The van der Waals surface area contributed by atoms with Crippen LogP contribution in [-0.4, -0.2) is 27.4 Å². The van der Waals surface area contributed by atoms with Crippen molar-refractivity contribution in [3.63, 3.8) is 0 Å². The van der Waals surface area contributed by atoms with E-state index in [1.54, 1.807) is 12.1 Å². The fourth-order valence-electron chi connectivity index (χ4n) is 2.38. The molecule has 0 saturated heterocycles. The van der Waals surface area contributed by atoms with Gasteiger partial charge in [0.1, 0.15) is 0 Å². The predicted molar refractivity (Wildman–Crippen MR) is 76.8 cm³/mol. The van der Waals surface area contributed by atoms with Crippen molar-refractivity contribution in [1.29, 1.82) is 0 Å². The van der Waals surface area contributed by atoms with E-state index < -0.39 is 17.8 Å². The Morgan fingerprint density at radius 2 is 1.59 bits per heavy atom. The monoisotopic (exact) mass is 298 g/mol. The van der Waals surface area contributed by atoms with E-state index in [-0.39, 0.29) is 23.6 Å². The summed E-state index contributed by atoms with van der Waals surface area (Å²) in [5.74, 6) is -1.85. The van der Waals surface area contributed by atoms with Crippen molar-refractivity contribution in [2.24, 2.45) is 0 Å². The number of fused-ring (bicyclic) bond motifs is 1. The second kappa shape index (κ2) is 5.48. The van der Waals surface area contributed by atoms with Crippen LogP contribution in [0, 0.1) is 0 Å². The maximum Gasteiger partial charge on any atom is 0.335 e. The Bertz CT molecular complexity index is 701. The molecule has 112 valence electrons. The fourth-order valence-corrected chi connectivity index (χ4v) is 2.38. The first-order valence-electron chi connectivity index (χ1n) is 6.89. The van der Waals surface area contributed by atoms with Gasteiger partial charge in [-0.25, -0.2) is 4.79 Å². The number of hydrogen-bond donors (Lipinski definition) is 0. The summed E-state index contributed by atoms with van der Waals surface area (Å²) in [5.41, 5.74) is 0.498. The van der Waals surface area contributed by atoms with Gasteiger partial charge in [-0.15, -0.1) is 0 Å². The number of amides is 2. The van der Waals surface area contributed by atoms with Crippen molar-refractivity contribution in [2.75, 3.05) is 0 Å². The topological polar surface area (TPSA) is 68.6 Å². The average molecular weight is 298 g/mol. The molecule has 0 bridgehead atoms. The quantitative estimate of drug-likeness (QED) is 0.811. The maximum absolute atomic E-state index is 12.1. The predicted octanol–water partition coefficient (Wildman–Crippen LogP) is 2.19. The van der Waals surface area contributed by atoms with Crippen molar-refractivity contribution >= 4 is 17.8 Å². The molecular formula is C16H14N2O4. The lowest BCUT2D eigenvalue weighted by molar-refractivity contribution is -0.169. The highest BCUT2D eigenvalue weighted by Gasteiger charge is 2.38. The summed E-state index contributed by atoms with van der Waals surface area (Å²) < 4.78 is 1.85. The molecule has 2 heterocycles. The molecule has 0 radical (unpaired) electrons. The van der Waals surface area contributed by atoms with E-state index in [4.69, 9.17) is 4.84 Å². The fraction of sp³-hybridized carbons (Fsp3) is 0.188. The van der Waals surface area contributed by atoms with Crippen LogP contribution in [0.2, 0.25) is 0 Å². The highest BCUT2D eigenvalue weighted by molar-refractivity contribution is 6.20. The first kappa shape index (κ1) is 14.1. The van der Waals surface area contributed by atoms with E-state index >= 15 is 0 Å². The summed E-state index contributed by atoms with van der Waals surface area (Å²) in [5, 5.41) is 0.537. The van der Waals surface area contributed by atoms with Gasteiger partial charge in [0.15, 0.2) is 0 Å². The minimum atomic E-state index is -0.629. The molecule has 0 aliphatic carbocycles. The Labute approximate surface area is 126 Å². The molecule has 6 heteroatoms. The van der Waals surface area contributed by atoms with Crippen molar-refractivity contribution in [1.82, 2.24) is 9.63 Å². The summed E-state index contributed by atoms with van der Waals surface area (Å²) in [6.07, 6.45) is 3.72. The van der Waals surface area contributed by atoms with Gasteiger partial charge in [-0.1, -0.05) is 17.2 Å². The highest BCUT2D eigenvalue weighted by Crippen LogP contribution is 2.23. The van der Waals surface area contributed by atoms with E-state index in [0.717, 1.165) is 0 Å². The van der Waals surface area contributed by atoms with Crippen LogP contribution < -0.4 is 0 Å². The molecule has 1 aliphatic rings. The van der Waals surface area contributed by atoms with Crippen LogP contribution >= 0.6 is 0 Å². The van der Waals surface area contributed by atoms with Gasteiger partial charge in [0.05, 0.1) is 17.5 Å². The van der Waals surface area contributed by atoms with Crippen molar-refractivity contribution in [3.05, 3.63) is 59.9 Å². The van der Waals surface area contributed by atoms with Gasteiger partial charge >= 0.3 is 5.97 Å². The van der Waals surface area contributed by atoms with Crippen molar-refractivity contribution < 1.29 is 19.2 Å². The molecular weight excluding hydrogens is 284 g/mol. The Hall–Kier alpha value is -2.89. The number of hydroxylamine groups is 2. The first-order chi connectivity index (χ1) is 10.6. The van der Waals surface area contributed by atoms with Crippen molar-refractivity contribution in [3.8, 4) is 0 Å². The van der Waals surface area contributed by atoms with Crippen LogP contribution in [0.5, 0.6) is 0 Å². The molecule has 0 N–H and O–H groups in total. The summed E-state index contributed by atoms with van der Waals surface area (Å²) in [6, 6.07) is 9.96. The zero-order chi connectivity index (χ0) is 15.7. The molecule has 2 amide bonds. The van der Waals surface area contributed by atoms with Gasteiger partial charge in [-0.2, -0.15) is 0 Å². The summed E-state index contributed by atoms with van der Waals surface area (Å²) in [7, 11) is 0. The third-order valence-corrected chi connectivity index (χ3v) is 3.55. The number of imide groups is 1. The zero-order valence-corrected chi connectivity index (χ0v) is 11.9. The Morgan fingerprint density at radius 1 is 1.05 bits per heavy atom. The first-order valence-corrected chi connectivity index (χ1v) is 6.89. The third-order valence-electron chi connectivity index (χ3n) is 3.55. The van der Waals surface area contributed by atoms with Gasteiger partial charge < -0.3 is 9.40 Å². The maximum atomic E-state index is 12.1. The lowest BCUT2D eigenvalue weighted by atomic mass is 10.1. The molecule has 0 saturated carbocycles. The molecule has 1 aliphatic heterocycles. The van der Waals surface area contributed by atoms with E-state index in [9.17, 15) is 14.4 Å². The summed E-state index contributed by atoms with van der Waals surface area (Å²) in [6.45, 7) is 1.85. The lowest BCUT2D eigenvalue weighted by Gasteiger charge is -2.16. The van der Waals surface area contributed by atoms with Gasteiger partial charge in [0.2, 0.25) is 0 Å². The molecule has 2 aromatic rings. The Morgan fingerprint density at radius 3 is 2.14 bits per heavy atom. The normalized spacial score (nSPS) is 14.9. The van der Waals surface area contributed by atoms with E-state index in [0.29, 0.717) is 5.06 Å². The molecule has 1 atom stereocenters. The minimum Gasteiger partial charge on any atom is -0.351 e. The van der Waals surface area contributed by atoms with Crippen molar-refractivity contribution in [2.45, 2.75) is 19.4 Å². The Kier molecular flexibility index (Phi) is 3.50. The second-order valence-electron chi connectivity index (χ2n) is 5.10. The van der Waals surface area contributed by atoms with Crippen LogP contribution in [-0.2, 0) is 9.63 Å². The van der Waals surface area contributed by atoms with E-state index in [1.807, 2.05) is 36.0 Å². The Balaban J connectivity index is 1.68. The number of carbonyl (C=O) groups is 3. The number of aromatic nitrogens is 1. The number of rotatable bonds is 4. The number of benzene rings is 1. The molecule has 22 heavy (non-hydrogen) atoms. The standard InChI is InChI=1S/C16H14N2O4/c1-11(17-8-4-5-9-17)10-14(19)22-18-15(20)12-6-2-3-7-13(12)16(18)21/h2-9,11H,10H2,1H3. The molecule has 3 rings (SSSR count). The number of nitrogens with zero attached hydrogens (tertiary/aromatic N) is 2. The van der Waals surface area contributed by atoms with Gasteiger partial charge in [-0.05, 0) is 31.2 Å². The molecule has 1 unspecified atom stereocenters. The summed E-state index contributed by atoms with van der Waals surface area (Å²) >= 11 is 0. The number of carbonyl (C=O) groups excluding carboxylic acids is 3. The van der Waals surface area contributed by atoms with Gasteiger partial charge in [0, 0.05) is 18.4 Å². The average Bonchev–Trinajstić information content (AvgIpc) is 3.12. The van der Waals surface area contributed by atoms with Gasteiger partial charge in [0.25, 0.3) is 11.8 Å².